The summed E-state index contributed by atoms with van der Waals surface area (Å²) in [5, 5.41) is 9.01. The highest BCUT2D eigenvalue weighted by Crippen LogP contribution is 2.38. The summed E-state index contributed by atoms with van der Waals surface area (Å²) < 4.78 is 48.3. The molecule has 190 valence electrons. The zero-order valence-corrected chi connectivity index (χ0v) is 20.1. The molecule has 2 atom stereocenters. The van der Waals surface area contributed by atoms with E-state index < -0.39 is 12.7 Å². The Morgan fingerprint density at radius 3 is 2.86 bits per heavy atom. The summed E-state index contributed by atoms with van der Waals surface area (Å²) in [4.78, 5) is 18.4. The Labute approximate surface area is 205 Å². The monoisotopic (exact) mass is 510 g/mol. The molecule has 0 aromatic carbocycles. The number of likely N-dealkylation sites (tertiary alicyclic amines) is 1. The molecule has 12 heteroatoms. The van der Waals surface area contributed by atoms with Gasteiger partial charge < -0.3 is 19.5 Å². The van der Waals surface area contributed by atoms with E-state index in [1.807, 2.05) is 16.1 Å². The van der Waals surface area contributed by atoms with Gasteiger partial charge in [0, 0.05) is 43.9 Å². The number of fused-ring (bicyclic) bond motifs is 1. The number of aryl methyl sites for hydroxylation is 1. The number of halogens is 3. The van der Waals surface area contributed by atoms with Crippen molar-refractivity contribution in [1.82, 2.24) is 29.5 Å². The van der Waals surface area contributed by atoms with Gasteiger partial charge in [0.25, 0.3) is 0 Å². The smallest absolute Gasteiger partial charge is 0.408 e. The lowest BCUT2D eigenvalue weighted by atomic mass is 9.93. The van der Waals surface area contributed by atoms with Gasteiger partial charge in [0.15, 0.2) is 0 Å². The number of nitrogens with zero attached hydrogens (tertiary/aromatic N) is 5. The third kappa shape index (κ3) is 6.16. The predicted octanol–water partition coefficient (Wildman–Crippen LogP) is 4.24. The van der Waals surface area contributed by atoms with Gasteiger partial charge in [0.05, 0.1) is 22.2 Å². The average Bonchev–Trinajstić information content (AvgIpc) is 3.23. The van der Waals surface area contributed by atoms with E-state index in [2.05, 4.69) is 20.3 Å². The molecule has 2 fully saturated rings. The van der Waals surface area contributed by atoms with Crippen molar-refractivity contribution in [1.29, 1.82) is 0 Å². The molecule has 35 heavy (non-hydrogen) atoms. The molecule has 1 saturated carbocycles. The van der Waals surface area contributed by atoms with Crippen LogP contribution in [-0.4, -0.2) is 68.8 Å². The average molecular weight is 511 g/mol. The molecule has 0 bridgehead atoms. The van der Waals surface area contributed by atoms with Gasteiger partial charge in [0.2, 0.25) is 0 Å². The summed E-state index contributed by atoms with van der Waals surface area (Å²) in [6.45, 7) is 2.91. The fourth-order valence-electron chi connectivity index (χ4n) is 4.81. The van der Waals surface area contributed by atoms with E-state index in [4.69, 9.17) is 4.74 Å². The van der Waals surface area contributed by atoms with Crippen molar-refractivity contribution in [3.05, 3.63) is 35.9 Å². The number of piperidine rings is 1. The van der Waals surface area contributed by atoms with Crippen molar-refractivity contribution >= 4 is 27.6 Å². The van der Waals surface area contributed by atoms with Gasteiger partial charge in [-0.15, -0.1) is 11.3 Å². The van der Waals surface area contributed by atoms with E-state index in [1.165, 1.54) is 11.3 Å². The summed E-state index contributed by atoms with van der Waals surface area (Å²) >= 11 is 1.47. The molecule has 0 spiro atoms. The molecular weight excluding hydrogens is 481 g/mol. The Kier molecular flexibility index (Phi) is 7.01. The van der Waals surface area contributed by atoms with Crippen LogP contribution in [0.4, 0.5) is 18.0 Å². The lowest BCUT2D eigenvalue weighted by Gasteiger charge is -2.31. The van der Waals surface area contributed by atoms with Crippen molar-refractivity contribution in [3.8, 4) is 0 Å². The van der Waals surface area contributed by atoms with Crippen molar-refractivity contribution in [2.45, 2.75) is 57.0 Å². The van der Waals surface area contributed by atoms with Gasteiger partial charge in [-0.3, -0.25) is 4.68 Å². The first-order valence-corrected chi connectivity index (χ1v) is 12.9. The minimum Gasteiger partial charge on any atom is -0.446 e. The second-order valence-electron chi connectivity index (χ2n) is 9.39. The maximum Gasteiger partial charge on any atom is 0.408 e. The number of imidazole rings is 1. The number of amides is 1. The molecule has 4 heterocycles. The minimum atomic E-state index is -4.29. The Morgan fingerprint density at radius 1 is 1.29 bits per heavy atom. The predicted molar refractivity (Wildman–Crippen MR) is 125 cm³/mol. The lowest BCUT2D eigenvalue weighted by molar-refractivity contribution is -0.141. The van der Waals surface area contributed by atoms with Crippen LogP contribution in [0, 0.1) is 5.92 Å². The number of carbonyl (C=O) groups excluding carboxylic acids is 1. The molecule has 1 saturated heterocycles. The van der Waals surface area contributed by atoms with Crippen molar-refractivity contribution < 1.29 is 22.7 Å². The molecule has 5 rings (SSSR count). The van der Waals surface area contributed by atoms with Crippen LogP contribution in [0.1, 0.15) is 37.3 Å². The topological polar surface area (TPSA) is 77.2 Å². The van der Waals surface area contributed by atoms with Crippen LogP contribution in [0.15, 0.2) is 30.2 Å². The molecule has 0 unspecified atom stereocenters. The largest absolute Gasteiger partial charge is 0.446 e. The molecule has 1 N–H and O–H groups in total. The minimum absolute atomic E-state index is 0.0369. The Balaban J connectivity index is 1.03. The number of alkyl halides is 3. The standard InChI is InChI=1S/C23H29F3N6O2S/c24-23(25,26)14-32-18-4-11-35-21(18)20(29-32)16-2-8-30(9-3-16)13-17-12-19(17)34-22(33)28-5-1-7-31-10-6-27-15-31/h4,6,10-11,15-17,19H,1-3,5,7-9,12-14H2,(H,28,33)/t17-,19-/m1/s1. The number of hydrogen-bond acceptors (Lipinski definition) is 6. The van der Waals surface area contributed by atoms with Crippen molar-refractivity contribution in [2.24, 2.45) is 5.92 Å². The van der Waals surface area contributed by atoms with Crippen LogP contribution in [0.5, 0.6) is 0 Å². The van der Waals surface area contributed by atoms with Crippen LogP contribution < -0.4 is 5.32 Å². The summed E-state index contributed by atoms with van der Waals surface area (Å²) in [5.74, 6) is 0.513. The van der Waals surface area contributed by atoms with Gasteiger partial charge in [-0.2, -0.15) is 18.3 Å². The molecule has 1 aliphatic heterocycles. The Morgan fingerprint density at radius 2 is 2.11 bits per heavy atom. The normalized spacial score (nSPS) is 21.5. The molecule has 8 nitrogen and oxygen atoms in total. The fraction of sp³-hybridized carbons (Fsp3) is 0.609. The maximum atomic E-state index is 12.9. The zero-order valence-electron chi connectivity index (χ0n) is 19.3. The van der Waals surface area contributed by atoms with Gasteiger partial charge in [-0.05, 0) is 50.2 Å². The number of alkyl carbamates (subject to hydrolysis) is 1. The van der Waals surface area contributed by atoms with E-state index in [9.17, 15) is 18.0 Å². The fourth-order valence-corrected chi connectivity index (χ4v) is 5.77. The summed E-state index contributed by atoms with van der Waals surface area (Å²) in [6.07, 6.45) is 4.09. The highest BCUT2D eigenvalue weighted by Gasteiger charge is 2.42. The van der Waals surface area contributed by atoms with Crippen molar-refractivity contribution in [2.75, 3.05) is 26.2 Å². The van der Waals surface area contributed by atoms with Crippen LogP contribution in [0.25, 0.3) is 10.2 Å². The van der Waals surface area contributed by atoms with Crippen LogP contribution in [-0.2, 0) is 17.8 Å². The molecule has 1 aliphatic carbocycles. The first kappa shape index (κ1) is 24.1. The Hall–Kier alpha value is -2.60. The number of rotatable bonds is 9. The summed E-state index contributed by atoms with van der Waals surface area (Å²) in [5.41, 5.74) is 1.37. The number of aromatic nitrogens is 4. The van der Waals surface area contributed by atoms with Crippen LogP contribution in [0.2, 0.25) is 0 Å². The quantitative estimate of drug-likeness (QED) is 0.436. The number of thiophene rings is 1. The number of nitrogens with one attached hydrogen (secondary N) is 1. The second kappa shape index (κ2) is 10.2. The molecule has 3 aromatic rings. The molecule has 3 aromatic heterocycles. The number of ether oxygens (including phenoxy) is 1. The summed E-state index contributed by atoms with van der Waals surface area (Å²) in [6, 6.07) is 1.72. The lowest BCUT2D eigenvalue weighted by Crippen LogP contribution is -2.35. The molecule has 0 radical (unpaired) electrons. The third-order valence-electron chi connectivity index (χ3n) is 6.72. The van der Waals surface area contributed by atoms with Crippen LogP contribution >= 0.6 is 11.3 Å². The maximum absolute atomic E-state index is 12.9. The highest BCUT2D eigenvalue weighted by molar-refractivity contribution is 7.17. The number of carbonyl (C=O) groups is 1. The molecule has 2 aliphatic rings. The van der Waals surface area contributed by atoms with Crippen LogP contribution in [0.3, 0.4) is 0 Å². The van der Waals surface area contributed by atoms with E-state index >= 15 is 0 Å². The number of hydrogen-bond donors (Lipinski definition) is 1. The SMILES string of the molecule is O=C(NCCCn1ccnc1)O[C@@H]1C[C@@H]1CN1CCC(c2nn(CC(F)(F)F)c3ccsc23)CC1. The van der Waals surface area contributed by atoms with E-state index in [0.29, 0.717) is 18.0 Å². The molecule has 1 amide bonds. The van der Waals surface area contributed by atoms with Gasteiger partial charge in [-0.25, -0.2) is 9.78 Å². The second-order valence-corrected chi connectivity index (χ2v) is 10.3. The van der Waals surface area contributed by atoms with Gasteiger partial charge in [-0.1, -0.05) is 0 Å². The molecular formula is C23H29F3N6O2S. The zero-order chi connectivity index (χ0) is 24.4. The first-order chi connectivity index (χ1) is 16.9. The highest BCUT2D eigenvalue weighted by atomic mass is 32.1. The van der Waals surface area contributed by atoms with Gasteiger partial charge >= 0.3 is 12.3 Å². The van der Waals surface area contributed by atoms with E-state index in [0.717, 1.165) is 66.9 Å². The van der Waals surface area contributed by atoms with Gasteiger partial charge in [0.1, 0.15) is 12.6 Å². The summed E-state index contributed by atoms with van der Waals surface area (Å²) in [7, 11) is 0. The third-order valence-corrected chi connectivity index (χ3v) is 7.64. The Bertz CT molecular complexity index is 1120. The first-order valence-electron chi connectivity index (χ1n) is 12.0. The van der Waals surface area contributed by atoms with E-state index in [1.54, 1.807) is 18.6 Å². The van der Waals surface area contributed by atoms with Crippen molar-refractivity contribution in [3.63, 3.8) is 0 Å². The van der Waals surface area contributed by atoms with E-state index in [-0.39, 0.29) is 18.1 Å².